The third-order valence-electron chi connectivity index (χ3n) is 2.67. The number of nitriles is 1. The largest absolute Gasteiger partial charge is 0.238 e. The summed E-state index contributed by atoms with van der Waals surface area (Å²) in [6.07, 6.45) is 0. The fraction of sp³-hybridized carbons (Fsp3) is 0.214. The summed E-state index contributed by atoms with van der Waals surface area (Å²) in [4.78, 5) is 8.65. The van der Waals surface area contributed by atoms with Gasteiger partial charge in [-0.15, -0.1) is 0 Å². The minimum absolute atomic E-state index is 0.100. The first kappa shape index (κ1) is 11.3. The van der Waals surface area contributed by atoms with Gasteiger partial charge in [-0.25, -0.2) is 9.97 Å². The Labute approximate surface area is 101 Å². The van der Waals surface area contributed by atoms with Crippen LogP contribution in [0.2, 0.25) is 0 Å². The SMILES string of the molecule is Cc1cc(C#N)nc(C(C)c2ccccc2)n1. The standard InChI is InChI=1S/C14H13N3/c1-10-8-13(9-15)17-14(16-10)11(2)12-6-4-3-5-7-12/h3-8,11H,1-2H3. The highest BCUT2D eigenvalue weighted by Gasteiger charge is 2.12. The molecule has 0 amide bonds. The zero-order valence-corrected chi connectivity index (χ0v) is 9.88. The summed E-state index contributed by atoms with van der Waals surface area (Å²) < 4.78 is 0. The molecule has 17 heavy (non-hydrogen) atoms. The van der Waals surface area contributed by atoms with Gasteiger partial charge in [0, 0.05) is 11.6 Å². The summed E-state index contributed by atoms with van der Waals surface area (Å²) in [5, 5.41) is 8.90. The van der Waals surface area contributed by atoms with E-state index in [1.54, 1.807) is 6.07 Å². The minimum Gasteiger partial charge on any atom is -0.238 e. The second kappa shape index (κ2) is 4.75. The van der Waals surface area contributed by atoms with Crippen LogP contribution in [0.5, 0.6) is 0 Å². The summed E-state index contributed by atoms with van der Waals surface area (Å²) in [6.45, 7) is 3.93. The van der Waals surface area contributed by atoms with Crippen molar-refractivity contribution in [1.82, 2.24) is 9.97 Å². The van der Waals surface area contributed by atoms with E-state index in [9.17, 15) is 0 Å². The third kappa shape index (κ3) is 2.48. The molecule has 1 unspecified atom stereocenters. The van der Waals surface area contributed by atoms with Gasteiger partial charge in [0.15, 0.2) is 0 Å². The number of benzene rings is 1. The zero-order valence-electron chi connectivity index (χ0n) is 9.88. The minimum atomic E-state index is 0.100. The van der Waals surface area contributed by atoms with Crippen LogP contribution in [0, 0.1) is 18.3 Å². The Morgan fingerprint density at radius 3 is 2.53 bits per heavy atom. The number of hydrogen-bond acceptors (Lipinski definition) is 3. The fourth-order valence-electron chi connectivity index (χ4n) is 1.73. The first-order chi connectivity index (χ1) is 8.20. The van der Waals surface area contributed by atoms with Crippen molar-refractivity contribution in [2.24, 2.45) is 0 Å². The maximum absolute atomic E-state index is 8.90. The lowest BCUT2D eigenvalue weighted by atomic mass is 10.0. The van der Waals surface area contributed by atoms with Gasteiger partial charge in [0.05, 0.1) is 0 Å². The molecule has 1 aromatic heterocycles. The van der Waals surface area contributed by atoms with Crippen LogP contribution in [-0.2, 0) is 0 Å². The van der Waals surface area contributed by atoms with Gasteiger partial charge < -0.3 is 0 Å². The Kier molecular flexibility index (Phi) is 3.15. The van der Waals surface area contributed by atoms with Gasteiger partial charge >= 0.3 is 0 Å². The second-order valence-electron chi connectivity index (χ2n) is 4.00. The molecule has 1 aromatic carbocycles. The van der Waals surface area contributed by atoms with Crippen LogP contribution in [0.15, 0.2) is 36.4 Å². The van der Waals surface area contributed by atoms with Gasteiger partial charge in [0.2, 0.25) is 0 Å². The number of rotatable bonds is 2. The van der Waals surface area contributed by atoms with Gasteiger partial charge in [0.25, 0.3) is 0 Å². The Hall–Kier alpha value is -2.21. The molecule has 0 radical (unpaired) electrons. The van der Waals surface area contributed by atoms with Crippen LogP contribution in [0.4, 0.5) is 0 Å². The third-order valence-corrected chi connectivity index (χ3v) is 2.67. The molecule has 0 aliphatic heterocycles. The topological polar surface area (TPSA) is 49.6 Å². The molecule has 0 saturated carbocycles. The van der Waals surface area contributed by atoms with Crippen LogP contribution < -0.4 is 0 Å². The van der Waals surface area contributed by atoms with E-state index in [0.717, 1.165) is 11.3 Å². The molecule has 3 nitrogen and oxygen atoms in total. The van der Waals surface area contributed by atoms with E-state index in [-0.39, 0.29) is 5.92 Å². The number of hydrogen-bond donors (Lipinski definition) is 0. The van der Waals surface area contributed by atoms with E-state index in [0.29, 0.717) is 11.5 Å². The van der Waals surface area contributed by atoms with Crippen LogP contribution in [0.1, 0.15) is 35.6 Å². The van der Waals surface area contributed by atoms with E-state index in [1.807, 2.05) is 44.2 Å². The Balaban J connectivity index is 2.41. The number of aromatic nitrogens is 2. The van der Waals surface area contributed by atoms with Crippen molar-refractivity contribution in [3.05, 3.63) is 59.2 Å². The Morgan fingerprint density at radius 1 is 1.18 bits per heavy atom. The average molecular weight is 223 g/mol. The summed E-state index contributed by atoms with van der Waals surface area (Å²) >= 11 is 0. The highest BCUT2D eigenvalue weighted by Crippen LogP contribution is 2.20. The number of nitrogens with zero attached hydrogens (tertiary/aromatic N) is 3. The molecular weight excluding hydrogens is 210 g/mol. The molecule has 3 heteroatoms. The van der Waals surface area contributed by atoms with Gasteiger partial charge in [0.1, 0.15) is 17.6 Å². The number of aryl methyl sites for hydroxylation is 1. The molecule has 84 valence electrons. The molecule has 0 spiro atoms. The summed E-state index contributed by atoms with van der Waals surface area (Å²) in [5.41, 5.74) is 2.41. The monoisotopic (exact) mass is 223 g/mol. The summed E-state index contributed by atoms with van der Waals surface area (Å²) in [5.74, 6) is 0.802. The molecule has 0 bridgehead atoms. The van der Waals surface area contributed by atoms with Crippen LogP contribution in [0.3, 0.4) is 0 Å². The van der Waals surface area contributed by atoms with Crippen molar-refractivity contribution in [3.63, 3.8) is 0 Å². The van der Waals surface area contributed by atoms with Crippen LogP contribution in [0.25, 0.3) is 0 Å². The zero-order chi connectivity index (χ0) is 12.3. The van der Waals surface area contributed by atoms with Crippen molar-refractivity contribution < 1.29 is 0 Å². The van der Waals surface area contributed by atoms with Crippen molar-refractivity contribution in [1.29, 1.82) is 5.26 Å². The molecule has 1 atom stereocenters. The molecule has 0 N–H and O–H groups in total. The first-order valence-electron chi connectivity index (χ1n) is 5.51. The lowest BCUT2D eigenvalue weighted by Crippen LogP contribution is -2.05. The van der Waals surface area contributed by atoms with Crippen molar-refractivity contribution in [2.75, 3.05) is 0 Å². The quantitative estimate of drug-likeness (QED) is 0.786. The smallest absolute Gasteiger partial charge is 0.144 e. The Bertz CT molecular complexity index is 555. The maximum atomic E-state index is 8.90. The normalized spacial score (nSPS) is 11.8. The van der Waals surface area contributed by atoms with Crippen molar-refractivity contribution in [2.45, 2.75) is 19.8 Å². The van der Waals surface area contributed by atoms with Crippen LogP contribution >= 0.6 is 0 Å². The molecule has 2 aromatic rings. The lowest BCUT2D eigenvalue weighted by molar-refractivity contribution is 0.801. The highest BCUT2D eigenvalue weighted by molar-refractivity contribution is 5.28. The average Bonchev–Trinajstić information content (AvgIpc) is 2.38. The lowest BCUT2D eigenvalue weighted by Gasteiger charge is -2.11. The summed E-state index contributed by atoms with van der Waals surface area (Å²) in [6, 6.07) is 13.8. The first-order valence-corrected chi connectivity index (χ1v) is 5.51. The Morgan fingerprint density at radius 2 is 1.88 bits per heavy atom. The predicted molar refractivity (Wildman–Crippen MR) is 65.4 cm³/mol. The molecule has 1 heterocycles. The molecule has 0 aliphatic carbocycles. The molecule has 0 fully saturated rings. The van der Waals surface area contributed by atoms with Crippen LogP contribution in [-0.4, -0.2) is 9.97 Å². The molecular formula is C14H13N3. The maximum Gasteiger partial charge on any atom is 0.144 e. The highest BCUT2D eigenvalue weighted by atomic mass is 14.9. The molecule has 2 rings (SSSR count). The van der Waals surface area contributed by atoms with Crippen molar-refractivity contribution >= 4 is 0 Å². The van der Waals surface area contributed by atoms with E-state index < -0.39 is 0 Å². The van der Waals surface area contributed by atoms with E-state index in [4.69, 9.17) is 5.26 Å². The van der Waals surface area contributed by atoms with Gasteiger partial charge in [-0.2, -0.15) is 5.26 Å². The molecule has 0 aliphatic rings. The van der Waals surface area contributed by atoms with E-state index >= 15 is 0 Å². The van der Waals surface area contributed by atoms with E-state index in [2.05, 4.69) is 16.0 Å². The van der Waals surface area contributed by atoms with Gasteiger partial charge in [-0.3, -0.25) is 0 Å². The van der Waals surface area contributed by atoms with Gasteiger partial charge in [-0.1, -0.05) is 37.3 Å². The molecule has 0 saturated heterocycles. The fourth-order valence-corrected chi connectivity index (χ4v) is 1.73. The van der Waals surface area contributed by atoms with E-state index in [1.165, 1.54) is 0 Å². The van der Waals surface area contributed by atoms with Gasteiger partial charge in [-0.05, 0) is 18.6 Å². The predicted octanol–water partition coefficient (Wildman–Crippen LogP) is 2.81. The summed E-state index contributed by atoms with van der Waals surface area (Å²) in [7, 11) is 0. The van der Waals surface area contributed by atoms with Crippen molar-refractivity contribution in [3.8, 4) is 6.07 Å². The second-order valence-corrected chi connectivity index (χ2v) is 4.00.